The third-order valence-electron chi connectivity index (χ3n) is 2.55. The summed E-state index contributed by atoms with van der Waals surface area (Å²) in [6, 6.07) is 6.73. The zero-order valence-electron chi connectivity index (χ0n) is 10.1. The number of hydrogen-bond donors (Lipinski definition) is 2. The molecule has 2 aromatic rings. The van der Waals surface area contributed by atoms with Crippen molar-refractivity contribution < 1.29 is 19.1 Å². The smallest absolute Gasteiger partial charge is 0.374 e. The molecule has 0 bridgehead atoms. The van der Waals surface area contributed by atoms with Crippen molar-refractivity contribution in [2.45, 2.75) is 6.92 Å². The first-order chi connectivity index (χ1) is 8.60. The molecule has 0 saturated carbocycles. The molecule has 0 spiro atoms. The minimum atomic E-state index is -0.537. The number of nitrogen functional groups attached to an aromatic ring is 1. The summed E-state index contributed by atoms with van der Waals surface area (Å²) in [5, 5.41) is 9.60. The monoisotopic (exact) mass is 249 g/mol. The van der Waals surface area contributed by atoms with E-state index in [9.17, 15) is 4.79 Å². The van der Waals surface area contributed by atoms with Crippen molar-refractivity contribution >= 4 is 22.6 Å². The molecule has 0 amide bonds. The molecule has 1 atom stereocenters. The fraction of sp³-hybridized carbons (Fsp3) is 0.308. The van der Waals surface area contributed by atoms with Gasteiger partial charge >= 0.3 is 5.97 Å². The Labute approximate surface area is 104 Å². The molecule has 5 heteroatoms. The molecule has 2 rings (SSSR count). The number of benzene rings is 1. The topological polar surface area (TPSA) is 85.7 Å². The summed E-state index contributed by atoms with van der Waals surface area (Å²) < 4.78 is 10.4. The molecule has 3 N–H and O–H groups in total. The molecule has 0 aliphatic carbocycles. The zero-order chi connectivity index (χ0) is 13.1. The second kappa shape index (κ2) is 5.10. The predicted octanol–water partition coefficient (Wildman–Crippen LogP) is 1.80. The Morgan fingerprint density at radius 3 is 3.00 bits per heavy atom. The van der Waals surface area contributed by atoms with Gasteiger partial charge in [0.2, 0.25) is 5.76 Å². The number of anilines is 1. The number of furan rings is 1. The fourth-order valence-corrected chi connectivity index (χ4v) is 1.50. The lowest BCUT2D eigenvalue weighted by Gasteiger charge is -2.07. The SMILES string of the molecule is CC(CO)COC(=O)c1cc2cc(N)ccc2o1. The normalized spacial score (nSPS) is 12.6. The van der Waals surface area contributed by atoms with Gasteiger partial charge in [0.1, 0.15) is 5.58 Å². The minimum Gasteiger partial charge on any atom is -0.459 e. The van der Waals surface area contributed by atoms with Crippen LogP contribution in [0.5, 0.6) is 0 Å². The molecular weight excluding hydrogens is 234 g/mol. The molecule has 1 aromatic heterocycles. The van der Waals surface area contributed by atoms with Gasteiger partial charge in [0.05, 0.1) is 6.61 Å². The number of ether oxygens (including phenoxy) is 1. The summed E-state index contributed by atoms with van der Waals surface area (Å²) >= 11 is 0. The van der Waals surface area contributed by atoms with E-state index in [1.54, 1.807) is 31.2 Å². The Morgan fingerprint density at radius 2 is 2.28 bits per heavy atom. The standard InChI is InChI=1S/C13H15NO4/c1-8(6-15)7-17-13(16)12-5-9-4-10(14)2-3-11(9)18-12/h2-5,8,15H,6-7,14H2,1H3. The van der Waals surface area contributed by atoms with Crippen LogP contribution in [0.4, 0.5) is 5.69 Å². The molecule has 0 aliphatic heterocycles. The summed E-state index contributed by atoms with van der Waals surface area (Å²) in [5.41, 5.74) is 6.84. The largest absolute Gasteiger partial charge is 0.459 e. The molecule has 0 radical (unpaired) electrons. The van der Waals surface area contributed by atoms with Crippen molar-refractivity contribution in [1.29, 1.82) is 0 Å². The highest BCUT2D eigenvalue weighted by Crippen LogP contribution is 2.22. The number of nitrogens with two attached hydrogens (primary N) is 1. The van der Waals surface area contributed by atoms with Crippen LogP contribution in [-0.2, 0) is 4.74 Å². The van der Waals surface area contributed by atoms with E-state index in [0.29, 0.717) is 11.3 Å². The van der Waals surface area contributed by atoms with E-state index in [-0.39, 0.29) is 24.9 Å². The van der Waals surface area contributed by atoms with E-state index in [0.717, 1.165) is 5.39 Å². The van der Waals surface area contributed by atoms with Crippen LogP contribution in [0.2, 0.25) is 0 Å². The molecule has 0 saturated heterocycles. The Hall–Kier alpha value is -2.01. The summed E-state index contributed by atoms with van der Waals surface area (Å²) in [6.07, 6.45) is 0. The number of esters is 1. The molecule has 5 nitrogen and oxygen atoms in total. The van der Waals surface area contributed by atoms with Gasteiger partial charge in [-0.2, -0.15) is 0 Å². The van der Waals surface area contributed by atoms with E-state index >= 15 is 0 Å². The van der Waals surface area contributed by atoms with Crippen LogP contribution in [0, 0.1) is 5.92 Å². The second-order valence-electron chi connectivity index (χ2n) is 4.29. The van der Waals surface area contributed by atoms with Gasteiger partial charge in [0.25, 0.3) is 0 Å². The van der Waals surface area contributed by atoms with Gasteiger partial charge in [-0.3, -0.25) is 0 Å². The van der Waals surface area contributed by atoms with Crippen molar-refractivity contribution in [1.82, 2.24) is 0 Å². The Bertz CT molecular complexity index is 561. The maximum absolute atomic E-state index is 11.7. The summed E-state index contributed by atoms with van der Waals surface area (Å²) in [7, 11) is 0. The highest BCUT2D eigenvalue weighted by atomic mass is 16.5. The molecular formula is C13H15NO4. The lowest BCUT2D eigenvalue weighted by Crippen LogP contribution is -2.14. The van der Waals surface area contributed by atoms with Crippen molar-refractivity contribution in [2.24, 2.45) is 5.92 Å². The molecule has 1 aromatic carbocycles. The first-order valence-corrected chi connectivity index (χ1v) is 5.67. The van der Waals surface area contributed by atoms with Gasteiger partial charge in [-0.25, -0.2) is 4.79 Å². The highest BCUT2D eigenvalue weighted by molar-refractivity contribution is 5.93. The summed E-state index contributed by atoms with van der Waals surface area (Å²) in [6.45, 7) is 1.92. The van der Waals surface area contributed by atoms with E-state index in [1.807, 2.05) is 0 Å². The molecule has 1 heterocycles. The van der Waals surface area contributed by atoms with Crippen molar-refractivity contribution in [3.8, 4) is 0 Å². The number of hydrogen-bond acceptors (Lipinski definition) is 5. The number of carbonyl (C=O) groups is 1. The second-order valence-corrected chi connectivity index (χ2v) is 4.29. The van der Waals surface area contributed by atoms with Crippen LogP contribution in [0.1, 0.15) is 17.5 Å². The molecule has 18 heavy (non-hydrogen) atoms. The van der Waals surface area contributed by atoms with Crippen LogP contribution in [0.15, 0.2) is 28.7 Å². The molecule has 1 unspecified atom stereocenters. The Balaban J connectivity index is 2.13. The fourth-order valence-electron chi connectivity index (χ4n) is 1.50. The number of carbonyl (C=O) groups excluding carboxylic acids is 1. The minimum absolute atomic E-state index is 0.0239. The summed E-state index contributed by atoms with van der Waals surface area (Å²) in [4.78, 5) is 11.7. The van der Waals surface area contributed by atoms with Crippen molar-refractivity contribution in [3.05, 3.63) is 30.0 Å². The van der Waals surface area contributed by atoms with Gasteiger partial charge in [-0.15, -0.1) is 0 Å². The third kappa shape index (κ3) is 2.62. The van der Waals surface area contributed by atoms with Gasteiger partial charge < -0.3 is 20.0 Å². The number of fused-ring (bicyclic) bond motifs is 1. The van der Waals surface area contributed by atoms with Crippen LogP contribution in [-0.4, -0.2) is 24.3 Å². The van der Waals surface area contributed by atoms with Crippen LogP contribution in [0.3, 0.4) is 0 Å². The molecule has 0 fully saturated rings. The predicted molar refractivity (Wildman–Crippen MR) is 67.2 cm³/mol. The van der Waals surface area contributed by atoms with E-state index < -0.39 is 5.97 Å². The quantitative estimate of drug-likeness (QED) is 0.637. The van der Waals surface area contributed by atoms with Gasteiger partial charge in [-0.05, 0) is 24.3 Å². The number of aliphatic hydroxyl groups excluding tert-OH is 1. The van der Waals surface area contributed by atoms with E-state index in [1.165, 1.54) is 0 Å². The van der Waals surface area contributed by atoms with Crippen LogP contribution < -0.4 is 5.73 Å². The first kappa shape index (κ1) is 12.4. The van der Waals surface area contributed by atoms with Crippen LogP contribution in [0.25, 0.3) is 11.0 Å². The lowest BCUT2D eigenvalue weighted by atomic mass is 10.2. The molecule has 96 valence electrons. The number of rotatable bonds is 4. The van der Waals surface area contributed by atoms with Gasteiger partial charge in [0.15, 0.2) is 0 Å². The number of aliphatic hydroxyl groups is 1. The summed E-state index contributed by atoms with van der Waals surface area (Å²) in [5.74, 6) is -0.486. The van der Waals surface area contributed by atoms with Crippen molar-refractivity contribution in [3.63, 3.8) is 0 Å². The van der Waals surface area contributed by atoms with E-state index in [2.05, 4.69) is 0 Å². The maximum atomic E-state index is 11.7. The average Bonchev–Trinajstić information content (AvgIpc) is 2.78. The maximum Gasteiger partial charge on any atom is 0.374 e. The Kier molecular flexibility index (Phi) is 3.53. The lowest BCUT2D eigenvalue weighted by molar-refractivity contribution is 0.0373. The van der Waals surface area contributed by atoms with Crippen molar-refractivity contribution in [2.75, 3.05) is 18.9 Å². The Morgan fingerprint density at radius 1 is 1.50 bits per heavy atom. The van der Waals surface area contributed by atoms with Gasteiger partial charge in [0, 0.05) is 23.6 Å². The zero-order valence-corrected chi connectivity index (χ0v) is 10.1. The first-order valence-electron chi connectivity index (χ1n) is 5.67. The molecule has 0 aliphatic rings. The van der Waals surface area contributed by atoms with E-state index in [4.69, 9.17) is 20.0 Å². The highest BCUT2D eigenvalue weighted by Gasteiger charge is 2.15. The van der Waals surface area contributed by atoms with Crippen LogP contribution >= 0.6 is 0 Å². The average molecular weight is 249 g/mol. The van der Waals surface area contributed by atoms with Gasteiger partial charge in [-0.1, -0.05) is 6.92 Å². The third-order valence-corrected chi connectivity index (χ3v) is 2.55.